The van der Waals surface area contributed by atoms with Crippen molar-refractivity contribution in [1.29, 1.82) is 0 Å². The third-order valence-corrected chi connectivity index (χ3v) is 2.73. The fraction of sp³-hybridized carbons (Fsp3) is 0.833. The standard InChI is InChI=1S/C12H22BrNO4/c1-10(9-18-5-4-17-3)7-14(8-11(2)15)12(16)6-13/h10H,4-9H2,1-3H3/t10-/m1/s1. The predicted octanol–water partition coefficient (Wildman–Crippen LogP) is 1.10. The summed E-state index contributed by atoms with van der Waals surface area (Å²) in [7, 11) is 1.62. The zero-order valence-corrected chi connectivity index (χ0v) is 12.9. The van der Waals surface area contributed by atoms with Gasteiger partial charge in [0.05, 0.1) is 31.7 Å². The largest absolute Gasteiger partial charge is 0.382 e. The second kappa shape index (κ2) is 10.5. The fourth-order valence-corrected chi connectivity index (χ4v) is 1.82. The zero-order valence-electron chi connectivity index (χ0n) is 11.3. The molecule has 0 radical (unpaired) electrons. The van der Waals surface area contributed by atoms with Gasteiger partial charge in [-0.05, 0) is 12.8 Å². The molecule has 1 amide bonds. The van der Waals surface area contributed by atoms with Gasteiger partial charge in [0.2, 0.25) is 5.91 Å². The molecule has 0 N–H and O–H groups in total. The van der Waals surface area contributed by atoms with Crippen molar-refractivity contribution in [2.24, 2.45) is 5.92 Å². The molecule has 0 heterocycles. The van der Waals surface area contributed by atoms with E-state index >= 15 is 0 Å². The van der Waals surface area contributed by atoms with Gasteiger partial charge < -0.3 is 14.4 Å². The van der Waals surface area contributed by atoms with Gasteiger partial charge in [-0.25, -0.2) is 0 Å². The summed E-state index contributed by atoms with van der Waals surface area (Å²) in [5.74, 6) is 0.0925. The molecule has 0 bridgehead atoms. The van der Waals surface area contributed by atoms with Gasteiger partial charge in [0, 0.05) is 13.7 Å². The van der Waals surface area contributed by atoms with Crippen LogP contribution in [0.15, 0.2) is 0 Å². The van der Waals surface area contributed by atoms with Crippen LogP contribution in [0.3, 0.4) is 0 Å². The van der Waals surface area contributed by atoms with Gasteiger partial charge in [0.1, 0.15) is 5.78 Å². The number of ether oxygens (including phenoxy) is 2. The molecule has 0 aliphatic carbocycles. The first-order chi connectivity index (χ1) is 8.51. The Morgan fingerprint density at radius 3 is 2.50 bits per heavy atom. The van der Waals surface area contributed by atoms with Crippen molar-refractivity contribution in [3.05, 3.63) is 0 Å². The number of carbonyl (C=O) groups is 2. The smallest absolute Gasteiger partial charge is 0.233 e. The maximum Gasteiger partial charge on any atom is 0.233 e. The topological polar surface area (TPSA) is 55.8 Å². The second-order valence-corrected chi connectivity index (χ2v) is 4.84. The minimum atomic E-state index is -0.0751. The lowest BCUT2D eigenvalue weighted by Gasteiger charge is -2.24. The maximum absolute atomic E-state index is 11.6. The van der Waals surface area contributed by atoms with E-state index in [0.29, 0.717) is 26.4 Å². The number of methoxy groups -OCH3 is 1. The van der Waals surface area contributed by atoms with Gasteiger partial charge in [-0.2, -0.15) is 0 Å². The lowest BCUT2D eigenvalue weighted by Crippen LogP contribution is -2.39. The zero-order chi connectivity index (χ0) is 14.0. The van der Waals surface area contributed by atoms with E-state index in [2.05, 4.69) is 15.9 Å². The first-order valence-corrected chi connectivity index (χ1v) is 7.03. The molecule has 0 aromatic carbocycles. The second-order valence-electron chi connectivity index (χ2n) is 4.28. The van der Waals surface area contributed by atoms with Gasteiger partial charge in [-0.3, -0.25) is 9.59 Å². The van der Waals surface area contributed by atoms with Crippen LogP contribution >= 0.6 is 15.9 Å². The quantitative estimate of drug-likeness (QED) is 0.446. The lowest BCUT2D eigenvalue weighted by molar-refractivity contribution is -0.133. The molecule has 6 heteroatoms. The van der Waals surface area contributed by atoms with Gasteiger partial charge in [0.25, 0.3) is 0 Å². The first-order valence-electron chi connectivity index (χ1n) is 5.91. The van der Waals surface area contributed by atoms with Gasteiger partial charge in [0.15, 0.2) is 0 Å². The summed E-state index contributed by atoms with van der Waals surface area (Å²) in [5.41, 5.74) is 0. The molecule has 0 saturated carbocycles. The highest BCUT2D eigenvalue weighted by Gasteiger charge is 2.17. The van der Waals surface area contributed by atoms with Crippen molar-refractivity contribution in [2.45, 2.75) is 13.8 Å². The third kappa shape index (κ3) is 8.60. The minimum absolute atomic E-state index is 0.0169. The molecule has 0 rings (SSSR count). The maximum atomic E-state index is 11.6. The Hall–Kier alpha value is -0.460. The Bertz CT molecular complexity index is 260. The number of halogens is 1. The van der Waals surface area contributed by atoms with E-state index in [0.717, 1.165) is 0 Å². The fourth-order valence-electron chi connectivity index (χ4n) is 1.46. The number of Topliss-reactive ketones (excluding diaryl/α,β-unsaturated/α-hetero) is 1. The molecule has 0 spiro atoms. The molecule has 106 valence electrons. The highest BCUT2D eigenvalue weighted by atomic mass is 79.9. The number of carbonyl (C=O) groups excluding carboxylic acids is 2. The van der Waals surface area contributed by atoms with Crippen LogP contribution < -0.4 is 0 Å². The molecule has 0 unspecified atom stereocenters. The van der Waals surface area contributed by atoms with Crippen molar-refractivity contribution in [1.82, 2.24) is 4.90 Å². The predicted molar refractivity (Wildman–Crippen MR) is 72.9 cm³/mol. The molecular weight excluding hydrogens is 302 g/mol. The normalized spacial score (nSPS) is 12.2. The van der Waals surface area contributed by atoms with E-state index in [9.17, 15) is 9.59 Å². The summed E-state index contributed by atoms with van der Waals surface area (Å²) in [6.07, 6.45) is 0. The summed E-state index contributed by atoms with van der Waals surface area (Å²) in [5, 5.41) is 0.234. The van der Waals surface area contributed by atoms with E-state index in [-0.39, 0.29) is 29.5 Å². The lowest BCUT2D eigenvalue weighted by atomic mass is 10.2. The molecule has 18 heavy (non-hydrogen) atoms. The molecule has 5 nitrogen and oxygen atoms in total. The van der Waals surface area contributed by atoms with E-state index < -0.39 is 0 Å². The minimum Gasteiger partial charge on any atom is -0.382 e. The number of alkyl halides is 1. The van der Waals surface area contributed by atoms with Gasteiger partial charge in [-0.15, -0.1) is 0 Å². The van der Waals surface area contributed by atoms with Crippen molar-refractivity contribution in [3.8, 4) is 0 Å². The number of ketones is 1. The van der Waals surface area contributed by atoms with E-state index in [1.807, 2.05) is 6.92 Å². The van der Waals surface area contributed by atoms with Crippen LogP contribution in [0.25, 0.3) is 0 Å². The molecule has 0 aromatic rings. The summed E-state index contributed by atoms with van der Waals surface area (Å²) in [6.45, 7) is 5.80. The molecule has 0 fully saturated rings. The third-order valence-electron chi connectivity index (χ3n) is 2.25. The highest BCUT2D eigenvalue weighted by Crippen LogP contribution is 2.03. The molecule has 0 aliphatic rings. The summed E-state index contributed by atoms with van der Waals surface area (Å²) >= 11 is 3.12. The van der Waals surface area contributed by atoms with Crippen molar-refractivity contribution in [2.75, 3.05) is 45.4 Å². The van der Waals surface area contributed by atoms with Crippen LogP contribution in [0.1, 0.15) is 13.8 Å². The Morgan fingerprint density at radius 2 is 2.00 bits per heavy atom. The van der Waals surface area contributed by atoms with E-state index in [4.69, 9.17) is 9.47 Å². The summed E-state index contributed by atoms with van der Waals surface area (Å²) < 4.78 is 10.3. The van der Waals surface area contributed by atoms with Crippen molar-refractivity contribution < 1.29 is 19.1 Å². The van der Waals surface area contributed by atoms with Crippen LogP contribution in [-0.2, 0) is 19.1 Å². The van der Waals surface area contributed by atoms with Gasteiger partial charge in [-0.1, -0.05) is 22.9 Å². The molecule has 0 aliphatic heterocycles. The van der Waals surface area contributed by atoms with Crippen LogP contribution in [0.4, 0.5) is 0 Å². The SMILES string of the molecule is COCCOC[C@H](C)CN(CC(C)=O)C(=O)CBr. The molecular formula is C12H22BrNO4. The Balaban J connectivity index is 4.05. The Kier molecular flexibility index (Phi) is 10.2. The average molecular weight is 324 g/mol. The molecule has 1 atom stereocenters. The first kappa shape index (κ1) is 17.5. The number of hydrogen-bond acceptors (Lipinski definition) is 4. The van der Waals surface area contributed by atoms with Crippen LogP contribution in [0.5, 0.6) is 0 Å². The number of amides is 1. The van der Waals surface area contributed by atoms with Crippen molar-refractivity contribution in [3.63, 3.8) is 0 Å². The van der Waals surface area contributed by atoms with E-state index in [1.54, 1.807) is 12.0 Å². The highest BCUT2D eigenvalue weighted by molar-refractivity contribution is 9.09. The number of hydrogen-bond donors (Lipinski definition) is 0. The number of nitrogens with zero attached hydrogens (tertiary/aromatic N) is 1. The number of rotatable bonds is 10. The summed E-state index contributed by atoms with van der Waals surface area (Å²) in [4.78, 5) is 24.3. The van der Waals surface area contributed by atoms with Gasteiger partial charge >= 0.3 is 0 Å². The monoisotopic (exact) mass is 323 g/mol. The summed E-state index contributed by atoms with van der Waals surface area (Å²) in [6, 6.07) is 0. The Morgan fingerprint density at radius 1 is 1.33 bits per heavy atom. The van der Waals surface area contributed by atoms with Crippen molar-refractivity contribution >= 4 is 27.6 Å². The molecule has 0 saturated heterocycles. The molecule has 0 aromatic heterocycles. The van der Waals surface area contributed by atoms with E-state index in [1.165, 1.54) is 6.92 Å². The average Bonchev–Trinajstić information content (AvgIpc) is 2.32. The van der Waals surface area contributed by atoms with Crippen LogP contribution in [-0.4, -0.2) is 61.9 Å². The van der Waals surface area contributed by atoms with Crippen LogP contribution in [0, 0.1) is 5.92 Å². The Labute approximate surface area is 117 Å². The van der Waals surface area contributed by atoms with Crippen LogP contribution in [0.2, 0.25) is 0 Å².